The van der Waals surface area contributed by atoms with Crippen molar-refractivity contribution >= 4 is 0 Å². The molecule has 0 aliphatic carbocycles. The molecule has 2 heteroatoms. The van der Waals surface area contributed by atoms with Crippen molar-refractivity contribution in [3.63, 3.8) is 0 Å². The van der Waals surface area contributed by atoms with Gasteiger partial charge in [-0.05, 0) is 36.1 Å². The van der Waals surface area contributed by atoms with E-state index in [1.54, 1.807) is 0 Å². The molecule has 0 bridgehead atoms. The SMILES string of the molecule is Cc1c(C#N)cc(F)cc1C(C)C. The van der Waals surface area contributed by atoms with Crippen LogP contribution in [0.15, 0.2) is 12.1 Å². The highest BCUT2D eigenvalue weighted by Crippen LogP contribution is 2.22. The van der Waals surface area contributed by atoms with Gasteiger partial charge >= 0.3 is 0 Å². The molecule has 0 radical (unpaired) electrons. The normalized spacial score (nSPS) is 10.2. The molecular weight excluding hydrogens is 165 g/mol. The summed E-state index contributed by atoms with van der Waals surface area (Å²) in [5.41, 5.74) is 2.24. The summed E-state index contributed by atoms with van der Waals surface area (Å²) >= 11 is 0. The maximum absolute atomic E-state index is 13.0. The third-order valence-corrected chi connectivity index (χ3v) is 2.16. The zero-order chi connectivity index (χ0) is 10.0. The Kier molecular flexibility index (Phi) is 2.67. The van der Waals surface area contributed by atoms with Gasteiger partial charge < -0.3 is 0 Å². The first-order chi connectivity index (χ1) is 6.06. The molecule has 13 heavy (non-hydrogen) atoms. The summed E-state index contributed by atoms with van der Waals surface area (Å²) in [4.78, 5) is 0. The number of halogens is 1. The quantitative estimate of drug-likeness (QED) is 0.646. The van der Waals surface area contributed by atoms with Crippen LogP contribution < -0.4 is 0 Å². The summed E-state index contributed by atoms with van der Waals surface area (Å²) in [5, 5.41) is 8.73. The number of nitrogens with zero attached hydrogens (tertiary/aromatic N) is 1. The number of nitriles is 1. The summed E-state index contributed by atoms with van der Waals surface area (Å²) in [7, 11) is 0. The summed E-state index contributed by atoms with van der Waals surface area (Å²) in [5.74, 6) is -0.0753. The maximum atomic E-state index is 13.0. The molecule has 1 aromatic carbocycles. The minimum absolute atomic E-state index is 0.253. The zero-order valence-corrected chi connectivity index (χ0v) is 8.06. The van der Waals surface area contributed by atoms with Crippen LogP contribution in [0.5, 0.6) is 0 Å². The van der Waals surface area contributed by atoms with Crippen LogP contribution in [0.2, 0.25) is 0 Å². The van der Waals surface area contributed by atoms with Crippen LogP contribution in [0.3, 0.4) is 0 Å². The van der Waals surface area contributed by atoms with Gasteiger partial charge in [-0.3, -0.25) is 0 Å². The van der Waals surface area contributed by atoms with Gasteiger partial charge in [0, 0.05) is 0 Å². The van der Waals surface area contributed by atoms with E-state index in [0.717, 1.165) is 11.1 Å². The Hall–Kier alpha value is -1.36. The van der Waals surface area contributed by atoms with Gasteiger partial charge in [-0.25, -0.2) is 4.39 Å². The van der Waals surface area contributed by atoms with Crippen LogP contribution in [0.1, 0.15) is 36.5 Å². The molecule has 0 aromatic heterocycles. The van der Waals surface area contributed by atoms with E-state index in [9.17, 15) is 4.39 Å². The lowest BCUT2D eigenvalue weighted by Gasteiger charge is -2.10. The number of benzene rings is 1. The highest BCUT2D eigenvalue weighted by Gasteiger charge is 2.09. The maximum Gasteiger partial charge on any atom is 0.124 e. The number of rotatable bonds is 1. The predicted octanol–water partition coefficient (Wildman–Crippen LogP) is 3.13. The molecule has 0 saturated carbocycles. The van der Waals surface area contributed by atoms with Gasteiger partial charge in [0.05, 0.1) is 11.6 Å². The van der Waals surface area contributed by atoms with Gasteiger partial charge in [0.25, 0.3) is 0 Å². The monoisotopic (exact) mass is 177 g/mol. The van der Waals surface area contributed by atoms with Crippen LogP contribution >= 0.6 is 0 Å². The molecule has 0 atom stereocenters. The number of hydrogen-bond acceptors (Lipinski definition) is 1. The first-order valence-corrected chi connectivity index (χ1v) is 4.26. The Balaban J connectivity index is 3.38. The second kappa shape index (κ2) is 3.57. The summed E-state index contributed by atoms with van der Waals surface area (Å²) in [6, 6.07) is 4.77. The lowest BCUT2D eigenvalue weighted by atomic mass is 9.94. The van der Waals surface area contributed by atoms with Crippen molar-refractivity contribution in [2.75, 3.05) is 0 Å². The van der Waals surface area contributed by atoms with Crippen LogP contribution in [-0.2, 0) is 0 Å². The predicted molar refractivity (Wildman–Crippen MR) is 49.9 cm³/mol. The Labute approximate surface area is 77.8 Å². The standard InChI is InChI=1S/C11H12FN/c1-7(2)11-5-10(12)4-9(6-13)8(11)3/h4-5,7H,1-3H3. The molecule has 0 heterocycles. The van der Waals surface area contributed by atoms with Crippen LogP contribution in [0, 0.1) is 24.1 Å². The summed E-state index contributed by atoms with van der Waals surface area (Å²) in [6.45, 7) is 5.83. The average Bonchev–Trinajstić information content (AvgIpc) is 2.08. The fourth-order valence-corrected chi connectivity index (χ4v) is 1.42. The van der Waals surface area contributed by atoms with E-state index in [4.69, 9.17) is 5.26 Å². The minimum atomic E-state index is -0.328. The topological polar surface area (TPSA) is 23.8 Å². The van der Waals surface area contributed by atoms with Crippen LogP contribution in [0.4, 0.5) is 4.39 Å². The molecule has 0 aliphatic heterocycles. The molecule has 0 fully saturated rings. The van der Waals surface area contributed by atoms with Gasteiger partial charge in [-0.15, -0.1) is 0 Å². The molecule has 1 aromatic rings. The second-order valence-corrected chi connectivity index (χ2v) is 3.43. The summed E-state index contributed by atoms with van der Waals surface area (Å²) < 4.78 is 13.0. The van der Waals surface area contributed by atoms with Crippen molar-refractivity contribution in [2.24, 2.45) is 0 Å². The average molecular weight is 177 g/mol. The van der Waals surface area contributed by atoms with Gasteiger partial charge in [0.15, 0.2) is 0 Å². The third-order valence-electron chi connectivity index (χ3n) is 2.16. The van der Waals surface area contributed by atoms with Crippen molar-refractivity contribution < 1.29 is 4.39 Å². The molecular formula is C11H12FN. The van der Waals surface area contributed by atoms with Crippen molar-refractivity contribution in [1.29, 1.82) is 5.26 Å². The molecule has 1 rings (SSSR count). The lowest BCUT2D eigenvalue weighted by molar-refractivity contribution is 0.621. The smallest absolute Gasteiger partial charge is 0.124 e. The second-order valence-electron chi connectivity index (χ2n) is 3.43. The highest BCUT2D eigenvalue weighted by atomic mass is 19.1. The van der Waals surface area contributed by atoms with E-state index < -0.39 is 0 Å². The van der Waals surface area contributed by atoms with E-state index in [2.05, 4.69) is 0 Å². The highest BCUT2D eigenvalue weighted by molar-refractivity contribution is 5.43. The van der Waals surface area contributed by atoms with Crippen LogP contribution in [-0.4, -0.2) is 0 Å². The molecule has 68 valence electrons. The van der Waals surface area contributed by atoms with Gasteiger partial charge in [0.2, 0.25) is 0 Å². The lowest BCUT2D eigenvalue weighted by Crippen LogP contribution is -1.96. The van der Waals surface area contributed by atoms with Gasteiger partial charge in [-0.2, -0.15) is 5.26 Å². The molecule has 1 nitrogen and oxygen atoms in total. The van der Waals surface area contributed by atoms with E-state index in [0.29, 0.717) is 5.56 Å². The van der Waals surface area contributed by atoms with E-state index in [-0.39, 0.29) is 11.7 Å². The molecule has 0 N–H and O–H groups in total. The zero-order valence-electron chi connectivity index (χ0n) is 8.06. The Morgan fingerprint density at radius 1 is 1.38 bits per heavy atom. The summed E-state index contributed by atoms with van der Waals surface area (Å²) in [6.07, 6.45) is 0. The van der Waals surface area contributed by atoms with Crippen LogP contribution in [0.25, 0.3) is 0 Å². The van der Waals surface area contributed by atoms with Crippen molar-refractivity contribution in [1.82, 2.24) is 0 Å². The Bertz CT molecular complexity index is 361. The molecule has 0 saturated heterocycles. The first-order valence-electron chi connectivity index (χ1n) is 4.26. The van der Waals surface area contributed by atoms with E-state index in [1.165, 1.54) is 12.1 Å². The first kappa shape index (κ1) is 9.73. The Morgan fingerprint density at radius 3 is 2.46 bits per heavy atom. The van der Waals surface area contributed by atoms with Gasteiger partial charge in [-0.1, -0.05) is 13.8 Å². The largest absolute Gasteiger partial charge is 0.207 e. The minimum Gasteiger partial charge on any atom is -0.207 e. The Morgan fingerprint density at radius 2 is 2.00 bits per heavy atom. The molecule has 0 aliphatic rings. The van der Waals surface area contributed by atoms with E-state index in [1.807, 2.05) is 26.8 Å². The molecule has 0 unspecified atom stereocenters. The third kappa shape index (κ3) is 1.86. The van der Waals surface area contributed by atoms with Crippen molar-refractivity contribution in [3.05, 3.63) is 34.6 Å². The van der Waals surface area contributed by atoms with Crippen molar-refractivity contribution in [2.45, 2.75) is 26.7 Å². The van der Waals surface area contributed by atoms with Gasteiger partial charge in [0.1, 0.15) is 5.82 Å². The fraction of sp³-hybridized carbons (Fsp3) is 0.364. The molecule has 0 spiro atoms. The van der Waals surface area contributed by atoms with Crippen molar-refractivity contribution in [3.8, 4) is 6.07 Å². The van der Waals surface area contributed by atoms with E-state index >= 15 is 0 Å². The molecule has 0 amide bonds. The number of hydrogen-bond donors (Lipinski definition) is 0. The fourth-order valence-electron chi connectivity index (χ4n) is 1.42.